The van der Waals surface area contributed by atoms with Gasteiger partial charge in [-0.1, -0.05) is 232 Å². The molecule has 0 rings (SSSR count). The molecule has 0 aliphatic carbocycles. The molecule has 0 N–H and O–H groups in total. The van der Waals surface area contributed by atoms with E-state index >= 15 is 0 Å². The second-order valence-corrected chi connectivity index (χ2v) is 19.2. The smallest absolute Gasteiger partial charge is 0.306 e. The van der Waals surface area contributed by atoms with Crippen LogP contribution >= 0.6 is 0 Å². The fourth-order valence-corrected chi connectivity index (χ4v) is 7.75. The topological polar surface area (TPSA) is 78.9 Å². The van der Waals surface area contributed by atoms with Crippen molar-refractivity contribution in [2.75, 3.05) is 13.2 Å². The van der Waals surface area contributed by atoms with Crippen LogP contribution in [0.25, 0.3) is 0 Å². The van der Waals surface area contributed by atoms with Gasteiger partial charge in [-0.2, -0.15) is 0 Å². The van der Waals surface area contributed by atoms with Crippen molar-refractivity contribution in [3.63, 3.8) is 0 Å². The summed E-state index contributed by atoms with van der Waals surface area (Å²) < 4.78 is 16.8. The zero-order chi connectivity index (χ0) is 52.2. The average molecular weight is 998 g/mol. The van der Waals surface area contributed by atoms with Gasteiger partial charge in [0.15, 0.2) is 6.10 Å². The lowest BCUT2D eigenvalue weighted by molar-refractivity contribution is -0.167. The summed E-state index contributed by atoms with van der Waals surface area (Å²) in [5.41, 5.74) is 0. The van der Waals surface area contributed by atoms with E-state index in [1.807, 2.05) is 0 Å². The van der Waals surface area contributed by atoms with Crippen molar-refractivity contribution in [1.82, 2.24) is 0 Å². The van der Waals surface area contributed by atoms with E-state index in [-0.39, 0.29) is 37.5 Å². The number of hydrogen-bond acceptors (Lipinski definition) is 6. The van der Waals surface area contributed by atoms with Crippen LogP contribution in [0.2, 0.25) is 0 Å². The lowest BCUT2D eigenvalue weighted by Crippen LogP contribution is -2.30. The molecule has 0 aliphatic heterocycles. The molecule has 6 nitrogen and oxygen atoms in total. The Morgan fingerprint density at radius 3 is 0.944 bits per heavy atom. The summed E-state index contributed by atoms with van der Waals surface area (Å²) >= 11 is 0. The van der Waals surface area contributed by atoms with E-state index in [4.69, 9.17) is 14.2 Å². The van der Waals surface area contributed by atoms with Gasteiger partial charge < -0.3 is 14.2 Å². The van der Waals surface area contributed by atoms with E-state index < -0.39 is 6.10 Å². The number of ether oxygens (including phenoxy) is 3. The minimum absolute atomic E-state index is 0.106. The van der Waals surface area contributed by atoms with E-state index in [1.54, 1.807) is 0 Å². The Balaban J connectivity index is 4.51. The van der Waals surface area contributed by atoms with Crippen molar-refractivity contribution in [2.24, 2.45) is 0 Å². The van der Waals surface area contributed by atoms with Gasteiger partial charge in [-0.05, 0) is 128 Å². The van der Waals surface area contributed by atoms with Crippen molar-refractivity contribution in [1.29, 1.82) is 0 Å². The lowest BCUT2D eigenvalue weighted by atomic mass is 10.1. The van der Waals surface area contributed by atoms with Crippen LogP contribution in [0.5, 0.6) is 0 Å². The number of carbonyl (C=O) groups is 3. The number of esters is 3. The number of unbranched alkanes of at least 4 members (excludes halogenated alkanes) is 21. The molecule has 0 saturated heterocycles. The summed E-state index contributed by atoms with van der Waals surface area (Å²) in [7, 11) is 0. The van der Waals surface area contributed by atoms with Gasteiger partial charge in [-0.3, -0.25) is 14.4 Å². The number of rotatable bonds is 52. The number of carbonyl (C=O) groups excluding carboxylic acids is 3. The Morgan fingerprint density at radius 2 is 0.556 bits per heavy atom. The van der Waals surface area contributed by atoms with Crippen LogP contribution < -0.4 is 0 Å². The third-order valence-electron chi connectivity index (χ3n) is 12.2. The standard InChI is InChI=1S/C66H108O6/c1-4-7-10-13-16-19-22-25-28-30-31-32-33-34-35-37-38-41-44-47-50-53-56-59-65(68)71-62-63(61-70-64(67)58-55-52-49-46-43-40-27-24-21-18-15-12-9-6-3)72-66(69)60-57-54-51-48-45-42-39-36-29-26-23-20-17-14-11-8-5-2/h7,10,16-17,19-20,24-29,31-32,34-35,38,41,47,50,63H,4-6,8-9,11-15,18,21-23,30,33,36-37,39-40,42-46,48-49,51-62H2,1-3H3/b10-7-,19-16-,20-17-,27-24-,28-25-,29-26-,32-31-,35-34-,41-38-,50-47-. The van der Waals surface area contributed by atoms with Gasteiger partial charge in [0.2, 0.25) is 0 Å². The molecule has 0 aromatic carbocycles. The molecule has 0 bridgehead atoms. The van der Waals surface area contributed by atoms with Crippen LogP contribution in [0, 0.1) is 0 Å². The normalized spacial score (nSPS) is 13.0. The highest BCUT2D eigenvalue weighted by Crippen LogP contribution is 2.14. The molecular formula is C66H108O6. The Morgan fingerprint density at radius 1 is 0.292 bits per heavy atom. The van der Waals surface area contributed by atoms with E-state index in [9.17, 15) is 14.4 Å². The summed E-state index contributed by atoms with van der Waals surface area (Å²) in [6.07, 6.45) is 81.9. The minimum atomic E-state index is -0.813. The molecule has 1 atom stereocenters. The zero-order valence-electron chi connectivity index (χ0n) is 46.7. The van der Waals surface area contributed by atoms with Gasteiger partial charge >= 0.3 is 17.9 Å². The van der Waals surface area contributed by atoms with E-state index in [0.717, 1.165) is 116 Å². The molecule has 0 spiro atoms. The largest absolute Gasteiger partial charge is 0.462 e. The van der Waals surface area contributed by atoms with Crippen molar-refractivity contribution in [2.45, 2.75) is 264 Å². The average Bonchev–Trinajstić information content (AvgIpc) is 3.38. The van der Waals surface area contributed by atoms with Crippen LogP contribution in [0.1, 0.15) is 258 Å². The molecule has 0 amide bonds. The monoisotopic (exact) mass is 997 g/mol. The third-order valence-corrected chi connectivity index (χ3v) is 12.2. The first-order valence-electron chi connectivity index (χ1n) is 29.5. The molecule has 0 aliphatic rings. The maximum absolute atomic E-state index is 12.9. The summed E-state index contributed by atoms with van der Waals surface area (Å²) in [5.74, 6) is -0.984. The Kier molecular flexibility index (Phi) is 55.9. The van der Waals surface area contributed by atoms with Crippen molar-refractivity contribution < 1.29 is 28.6 Å². The SMILES string of the molecule is CC/C=C\C/C=C\C/C=C\C/C=C\C/C=C\C/C=C\C/C=C\CCCC(=O)OCC(COC(=O)CCCCCCC/C=C\CCCCCCC)OC(=O)CCCCCCCCC/C=C\C/C=C\CCCCC. The quantitative estimate of drug-likeness (QED) is 0.0261. The fourth-order valence-electron chi connectivity index (χ4n) is 7.75. The van der Waals surface area contributed by atoms with Gasteiger partial charge in [0, 0.05) is 19.3 Å². The highest BCUT2D eigenvalue weighted by Gasteiger charge is 2.19. The van der Waals surface area contributed by atoms with Gasteiger partial charge in [0.05, 0.1) is 0 Å². The van der Waals surface area contributed by atoms with Crippen LogP contribution in [0.3, 0.4) is 0 Å². The first-order valence-corrected chi connectivity index (χ1v) is 29.5. The highest BCUT2D eigenvalue weighted by molar-refractivity contribution is 5.71. The van der Waals surface area contributed by atoms with E-state index in [1.165, 1.54) is 96.3 Å². The molecule has 6 heteroatoms. The van der Waals surface area contributed by atoms with E-state index in [0.29, 0.717) is 19.3 Å². The molecule has 0 radical (unpaired) electrons. The maximum atomic E-state index is 12.9. The lowest BCUT2D eigenvalue weighted by Gasteiger charge is -2.18. The fraction of sp³-hybridized carbons (Fsp3) is 0.652. The van der Waals surface area contributed by atoms with Gasteiger partial charge in [-0.25, -0.2) is 0 Å². The molecule has 0 aromatic heterocycles. The zero-order valence-corrected chi connectivity index (χ0v) is 46.7. The second kappa shape index (κ2) is 59.4. The summed E-state index contributed by atoms with van der Waals surface area (Å²) in [6.45, 7) is 6.43. The number of allylic oxidation sites excluding steroid dienone is 20. The van der Waals surface area contributed by atoms with Crippen molar-refractivity contribution in [3.05, 3.63) is 122 Å². The minimum Gasteiger partial charge on any atom is -0.462 e. The molecule has 1 unspecified atom stereocenters. The van der Waals surface area contributed by atoms with Gasteiger partial charge in [-0.15, -0.1) is 0 Å². The molecule has 0 aromatic rings. The molecule has 0 heterocycles. The van der Waals surface area contributed by atoms with Crippen molar-refractivity contribution >= 4 is 17.9 Å². The Hall–Kier alpha value is -4.19. The second-order valence-electron chi connectivity index (χ2n) is 19.2. The Bertz CT molecular complexity index is 1520. The first-order chi connectivity index (χ1) is 35.5. The first kappa shape index (κ1) is 67.8. The summed E-state index contributed by atoms with van der Waals surface area (Å²) in [5, 5.41) is 0. The van der Waals surface area contributed by atoms with E-state index in [2.05, 4.69) is 142 Å². The summed E-state index contributed by atoms with van der Waals surface area (Å²) in [4.78, 5) is 38.2. The van der Waals surface area contributed by atoms with Crippen LogP contribution in [-0.2, 0) is 28.6 Å². The molecule has 72 heavy (non-hydrogen) atoms. The van der Waals surface area contributed by atoms with Crippen LogP contribution in [0.15, 0.2) is 122 Å². The van der Waals surface area contributed by atoms with Crippen molar-refractivity contribution in [3.8, 4) is 0 Å². The predicted molar refractivity (Wildman–Crippen MR) is 311 cm³/mol. The maximum Gasteiger partial charge on any atom is 0.306 e. The predicted octanol–water partition coefficient (Wildman–Crippen LogP) is 20.0. The highest BCUT2D eigenvalue weighted by atomic mass is 16.6. The third kappa shape index (κ3) is 56.7. The molecule has 0 fully saturated rings. The summed E-state index contributed by atoms with van der Waals surface area (Å²) in [6, 6.07) is 0. The van der Waals surface area contributed by atoms with Gasteiger partial charge in [0.25, 0.3) is 0 Å². The van der Waals surface area contributed by atoms with Gasteiger partial charge in [0.1, 0.15) is 13.2 Å². The molecule has 0 saturated carbocycles. The molecular weight excluding hydrogens is 889 g/mol. The Labute approximate surface area is 443 Å². The number of hydrogen-bond donors (Lipinski definition) is 0. The van der Waals surface area contributed by atoms with Crippen LogP contribution in [0.4, 0.5) is 0 Å². The van der Waals surface area contributed by atoms with Crippen LogP contribution in [-0.4, -0.2) is 37.2 Å². The molecule has 408 valence electrons.